The van der Waals surface area contributed by atoms with E-state index in [0.29, 0.717) is 11.5 Å². The van der Waals surface area contributed by atoms with Gasteiger partial charge in [-0.05, 0) is 75.6 Å². The third-order valence-corrected chi connectivity index (χ3v) is 11.3. The Balaban J connectivity index is 1.64. The number of nitrogens with one attached hydrogen (secondary N) is 1. The van der Waals surface area contributed by atoms with E-state index in [-0.39, 0.29) is 37.3 Å². The molecule has 0 saturated carbocycles. The largest absolute Gasteiger partial charge is 0.497 e. The fourth-order valence-corrected chi connectivity index (χ4v) is 8.40. The van der Waals surface area contributed by atoms with Crippen LogP contribution in [0.2, 0.25) is 0 Å². The number of hydrogen-bond donors (Lipinski definition) is 1. The first-order chi connectivity index (χ1) is 25.9. The van der Waals surface area contributed by atoms with E-state index in [1.54, 1.807) is 14.2 Å². The second kappa shape index (κ2) is 18.3. The first kappa shape index (κ1) is 40.8. The number of nitriles is 1. The second-order valence-corrected chi connectivity index (χ2v) is 14.8. The van der Waals surface area contributed by atoms with Crippen molar-refractivity contribution < 1.29 is 32.4 Å². The molecule has 0 aliphatic carbocycles. The summed E-state index contributed by atoms with van der Waals surface area (Å²) in [5.41, 5.74) is -0.177. The molecule has 1 fully saturated rings. The molecule has 1 N–H and O–H groups in total. The topological polar surface area (TPSA) is 137 Å². The van der Waals surface area contributed by atoms with Gasteiger partial charge >= 0.3 is 5.69 Å². The van der Waals surface area contributed by atoms with Gasteiger partial charge in [-0.3, -0.25) is 14.3 Å². The number of benzene rings is 3. The third kappa shape index (κ3) is 8.76. The van der Waals surface area contributed by atoms with Crippen molar-refractivity contribution in [2.75, 3.05) is 27.4 Å². The molecule has 1 aliphatic heterocycles. The highest BCUT2D eigenvalue weighted by molar-refractivity contribution is 7.44. The van der Waals surface area contributed by atoms with Crippen molar-refractivity contribution in [3.8, 4) is 17.6 Å². The summed E-state index contributed by atoms with van der Waals surface area (Å²) < 4.78 is 57.3. The minimum atomic E-state index is -1.93. The SMILES string of the molecule is COc1ccc(C(OC[C@H]2O[C@@H](n3cc(C)c(=O)[nH]c3=O)C(F)[C@H]2OP(OCCC#N)N(C(C)C)C(C)C)(c2ccccc2)c2ccc(OC)cc2)cc1. The lowest BCUT2D eigenvalue weighted by atomic mass is 9.80. The van der Waals surface area contributed by atoms with Crippen LogP contribution in [-0.2, 0) is 24.1 Å². The van der Waals surface area contributed by atoms with Crippen molar-refractivity contribution in [1.82, 2.24) is 14.2 Å². The molecule has 3 aromatic carbocycles. The van der Waals surface area contributed by atoms with Gasteiger partial charge < -0.3 is 28.0 Å². The van der Waals surface area contributed by atoms with Gasteiger partial charge in [0, 0.05) is 23.8 Å². The molecule has 2 unspecified atom stereocenters. The number of rotatable bonds is 17. The van der Waals surface area contributed by atoms with Gasteiger partial charge in [0.15, 0.2) is 12.4 Å². The van der Waals surface area contributed by atoms with Crippen LogP contribution in [0, 0.1) is 18.3 Å². The van der Waals surface area contributed by atoms with Crippen molar-refractivity contribution in [2.45, 2.75) is 83.3 Å². The van der Waals surface area contributed by atoms with Gasteiger partial charge in [-0.15, -0.1) is 0 Å². The molecular weight excluding hydrogens is 714 g/mol. The molecule has 0 bridgehead atoms. The molecule has 288 valence electrons. The van der Waals surface area contributed by atoms with Crippen LogP contribution in [0.5, 0.6) is 11.5 Å². The maximum Gasteiger partial charge on any atom is 0.330 e. The summed E-state index contributed by atoms with van der Waals surface area (Å²) in [4.78, 5) is 27.6. The summed E-state index contributed by atoms with van der Waals surface area (Å²) >= 11 is 0. The number of ether oxygens (including phenoxy) is 4. The average molecular weight is 763 g/mol. The Morgan fingerprint density at radius 2 is 1.48 bits per heavy atom. The van der Waals surface area contributed by atoms with E-state index < -0.39 is 50.0 Å². The third-order valence-electron chi connectivity index (χ3n) is 9.20. The zero-order valence-corrected chi connectivity index (χ0v) is 32.5. The maximum atomic E-state index is 17.1. The Labute approximate surface area is 316 Å². The lowest BCUT2D eigenvalue weighted by Crippen LogP contribution is -2.41. The van der Waals surface area contributed by atoms with Gasteiger partial charge in [0.2, 0.25) is 0 Å². The molecule has 12 nitrogen and oxygen atoms in total. The van der Waals surface area contributed by atoms with Crippen molar-refractivity contribution in [3.05, 3.63) is 128 Å². The molecule has 14 heteroatoms. The number of aromatic nitrogens is 2. The van der Waals surface area contributed by atoms with Crippen LogP contribution in [0.3, 0.4) is 0 Å². The fourth-order valence-electron chi connectivity index (χ4n) is 6.63. The number of H-pyrrole nitrogens is 1. The number of aromatic amines is 1. The number of hydrogen-bond acceptors (Lipinski definition) is 10. The Morgan fingerprint density at radius 3 is 2.00 bits per heavy atom. The van der Waals surface area contributed by atoms with Crippen LogP contribution in [0.15, 0.2) is 94.6 Å². The van der Waals surface area contributed by atoms with Crippen molar-refractivity contribution in [3.63, 3.8) is 0 Å². The Kier molecular flexibility index (Phi) is 13.8. The fraction of sp³-hybridized carbons (Fsp3) is 0.425. The quantitative estimate of drug-likeness (QED) is 0.0698. The minimum Gasteiger partial charge on any atom is -0.497 e. The first-order valence-electron chi connectivity index (χ1n) is 17.8. The molecule has 5 atom stereocenters. The lowest BCUT2D eigenvalue weighted by Gasteiger charge is -2.39. The van der Waals surface area contributed by atoms with Crippen LogP contribution in [0.25, 0.3) is 0 Å². The zero-order valence-electron chi connectivity index (χ0n) is 31.6. The second-order valence-electron chi connectivity index (χ2n) is 13.4. The molecule has 1 aliphatic rings. The highest BCUT2D eigenvalue weighted by Gasteiger charge is 2.51. The predicted molar refractivity (Wildman–Crippen MR) is 203 cm³/mol. The summed E-state index contributed by atoms with van der Waals surface area (Å²) in [6.45, 7) is 9.30. The molecule has 1 aromatic heterocycles. The van der Waals surface area contributed by atoms with Crippen LogP contribution in [-0.4, -0.2) is 72.1 Å². The van der Waals surface area contributed by atoms with Crippen LogP contribution in [0.4, 0.5) is 4.39 Å². The van der Waals surface area contributed by atoms with Crippen molar-refractivity contribution in [1.29, 1.82) is 5.26 Å². The molecule has 4 aromatic rings. The van der Waals surface area contributed by atoms with E-state index >= 15 is 4.39 Å². The monoisotopic (exact) mass is 762 g/mol. The predicted octanol–water partition coefficient (Wildman–Crippen LogP) is 6.77. The van der Waals surface area contributed by atoms with E-state index in [1.165, 1.54) is 13.1 Å². The van der Waals surface area contributed by atoms with Crippen molar-refractivity contribution in [2.24, 2.45) is 0 Å². The standard InChI is InChI=1S/C40H48FN4O8P/c1-26(2)45(27(3)4)54(51-23-11-22-42)53-36-34(52-38(35(36)41)44-24-28(5)37(46)43-39(44)47)25-50-40(29-12-9-8-10-13-29,30-14-18-32(48-6)19-15-30)31-16-20-33(49-7)21-17-31/h8-10,12-21,24,26-27,34-36,38H,11,23,25H2,1-7H3,(H,43,46,47)/t34-,35?,36+,38-,54?/m1/s1. The highest BCUT2D eigenvalue weighted by atomic mass is 31.2. The van der Waals surface area contributed by atoms with E-state index in [1.807, 2.05) is 111 Å². The molecule has 2 heterocycles. The van der Waals surface area contributed by atoms with Gasteiger partial charge in [0.05, 0.1) is 39.9 Å². The average Bonchev–Trinajstić information content (AvgIpc) is 3.47. The molecule has 0 radical (unpaired) electrons. The van der Waals surface area contributed by atoms with Gasteiger partial charge in [-0.25, -0.2) is 13.9 Å². The van der Waals surface area contributed by atoms with E-state index in [2.05, 4.69) is 11.1 Å². The summed E-state index contributed by atoms with van der Waals surface area (Å²) in [7, 11) is 1.25. The number of halogens is 1. The number of nitrogens with zero attached hydrogens (tertiary/aromatic N) is 3. The first-order valence-corrected chi connectivity index (χ1v) is 18.9. The van der Waals surface area contributed by atoms with Crippen molar-refractivity contribution >= 4 is 8.53 Å². The molecule has 54 heavy (non-hydrogen) atoms. The van der Waals surface area contributed by atoms with E-state index in [4.69, 9.17) is 28.0 Å². The number of methoxy groups -OCH3 is 2. The van der Waals surface area contributed by atoms with Crippen LogP contribution < -0.4 is 20.7 Å². The lowest BCUT2D eigenvalue weighted by molar-refractivity contribution is -0.0935. The zero-order chi connectivity index (χ0) is 39.0. The molecule has 5 rings (SSSR count). The van der Waals surface area contributed by atoms with Gasteiger partial charge in [0.1, 0.15) is 29.3 Å². The van der Waals surface area contributed by atoms with Gasteiger partial charge in [-0.2, -0.15) is 5.26 Å². The van der Waals surface area contributed by atoms with Crippen LogP contribution in [0.1, 0.15) is 62.6 Å². The molecule has 0 amide bonds. The summed E-state index contributed by atoms with van der Waals surface area (Å²) in [6, 6.07) is 26.6. The van der Waals surface area contributed by atoms with E-state index in [9.17, 15) is 14.9 Å². The smallest absolute Gasteiger partial charge is 0.330 e. The van der Waals surface area contributed by atoms with E-state index in [0.717, 1.165) is 21.3 Å². The Morgan fingerprint density at radius 1 is 0.926 bits per heavy atom. The number of aryl methyl sites for hydroxylation is 1. The highest BCUT2D eigenvalue weighted by Crippen LogP contribution is 2.51. The number of alkyl halides is 1. The molecule has 1 saturated heterocycles. The summed E-state index contributed by atoms with van der Waals surface area (Å²) in [5, 5.41) is 9.27. The molecule has 0 spiro atoms. The Bertz CT molecular complexity index is 1910. The molecular formula is C40H48FN4O8P. The summed E-state index contributed by atoms with van der Waals surface area (Å²) in [5.74, 6) is 1.30. The Hall–Kier alpha value is -4.41. The summed E-state index contributed by atoms with van der Waals surface area (Å²) in [6.07, 6.45) is -4.38. The maximum absolute atomic E-state index is 17.1. The van der Waals surface area contributed by atoms with Gasteiger partial charge in [0.25, 0.3) is 14.1 Å². The normalized spacial score (nSPS) is 19.3. The minimum absolute atomic E-state index is 0.0654. The van der Waals surface area contributed by atoms with Gasteiger partial charge in [-0.1, -0.05) is 54.6 Å². The van der Waals surface area contributed by atoms with Crippen LogP contribution >= 0.6 is 8.53 Å².